The third-order valence-electron chi connectivity index (χ3n) is 2.49. The number of halogens is 3. The van der Waals surface area contributed by atoms with Gasteiger partial charge in [-0.15, -0.1) is 0 Å². The molecule has 1 aromatic heterocycles. The van der Waals surface area contributed by atoms with Crippen LogP contribution >= 0.6 is 0 Å². The van der Waals surface area contributed by atoms with Gasteiger partial charge in [-0.25, -0.2) is 0 Å². The quantitative estimate of drug-likeness (QED) is 0.817. The first-order valence-corrected chi connectivity index (χ1v) is 5.89. The summed E-state index contributed by atoms with van der Waals surface area (Å²) in [5.74, 6) is 0.697. The van der Waals surface area contributed by atoms with Gasteiger partial charge in [-0.3, -0.25) is 0 Å². The zero-order chi connectivity index (χ0) is 13.7. The van der Waals surface area contributed by atoms with E-state index in [9.17, 15) is 13.2 Å². The van der Waals surface area contributed by atoms with Crippen LogP contribution in [0.5, 0.6) is 5.75 Å². The Hall–Kier alpha value is -1.69. The first-order valence-electron chi connectivity index (χ1n) is 5.89. The molecule has 0 saturated carbocycles. The molecule has 1 heterocycles. The number of hydrogen-bond acceptors (Lipinski definition) is 2. The molecule has 1 aromatic carbocycles. The second kappa shape index (κ2) is 5.97. The number of alkyl halides is 3. The summed E-state index contributed by atoms with van der Waals surface area (Å²) in [6.45, 7) is -0.845. The highest BCUT2D eigenvalue weighted by atomic mass is 19.4. The topological polar surface area (TPSA) is 34.2 Å². The van der Waals surface area contributed by atoms with Crippen molar-refractivity contribution in [2.24, 2.45) is 0 Å². The summed E-state index contributed by atoms with van der Waals surface area (Å²) in [4.78, 5) is 3.06. The second-order valence-electron chi connectivity index (χ2n) is 4.10. The summed E-state index contributed by atoms with van der Waals surface area (Å²) in [6.07, 6.45) is -2.01. The van der Waals surface area contributed by atoms with Crippen LogP contribution < -0.4 is 4.74 Å². The summed E-state index contributed by atoms with van der Waals surface area (Å²) in [5, 5.41) is 1.03. The lowest BCUT2D eigenvalue weighted by molar-refractivity contribution is -0.174. The minimum Gasteiger partial charge on any atom is -0.493 e. The van der Waals surface area contributed by atoms with E-state index in [1.165, 1.54) is 0 Å². The number of hydrogen-bond donors (Lipinski definition) is 1. The molecule has 0 radical (unpaired) electrons. The highest BCUT2D eigenvalue weighted by Gasteiger charge is 2.27. The van der Waals surface area contributed by atoms with Crippen molar-refractivity contribution in [2.75, 3.05) is 19.8 Å². The zero-order valence-corrected chi connectivity index (χ0v) is 10.2. The fraction of sp³-hybridized carbons (Fsp3) is 0.385. The van der Waals surface area contributed by atoms with Gasteiger partial charge in [0.25, 0.3) is 0 Å². The van der Waals surface area contributed by atoms with Crippen molar-refractivity contribution in [3.05, 3.63) is 30.5 Å². The summed E-state index contributed by atoms with van der Waals surface area (Å²) in [6, 6.07) is 7.51. The van der Waals surface area contributed by atoms with Crippen LogP contribution in [0.4, 0.5) is 13.2 Å². The van der Waals surface area contributed by atoms with E-state index in [-0.39, 0.29) is 6.61 Å². The van der Waals surface area contributed by atoms with Gasteiger partial charge in [-0.05, 0) is 24.3 Å². The van der Waals surface area contributed by atoms with E-state index in [0.29, 0.717) is 18.8 Å². The van der Waals surface area contributed by atoms with Gasteiger partial charge in [0.05, 0.1) is 13.2 Å². The van der Waals surface area contributed by atoms with Gasteiger partial charge < -0.3 is 14.5 Å². The molecule has 6 heteroatoms. The summed E-state index contributed by atoms with van der Waals surface area (Å²) in [5.41, 5.74) is 1.01. The lowest BCUT2D eigenvalue weighted by Crippen LogP contribution is -2.18. The molecule has 0 aliphatic heterocycles. The van der Waals surface area contributed by atoms with Crippen molar-refractivity contribution in [3.8, 4) is 5.75 Å². The molecule has 104 valence electrons. The first kappa shape index (κ1) is 13.7. The predicted molar refractivity (Wildman–Crippen MR) is 65.3 cm³/mol. The molecular weight excluding hydrogens is 259 g/mol. The standard InChI is InChI=1S/C13H14F3NO2/c14-13(15,16)9-18-6-1-7-19-11-2-3-12-10(8-11)4-5-17-12/h2-5,8,17H,1,6-7,9H2. The number of ether oxygens (including phenoxy) is 2. The highest BCUT2D eigenvalue weighted by molar-refractivity contribution is 5.80. The molecule has 0 bridgehead atoms. The Morgan fingerprint density at radius 3 is 2.74 bits per heavy atom. The Balaban J connectivity index is 1.68. The van der Waals surface area contributed by atoms with Crippen LogP contribution in [0.3, 0.4) is 0 Å². The molecular formula is C13H14F3NO2. The average molecular weight is 273 g/mol. The Morgan fingerprint density at radius 1 is 1.11 bits per heavy atom. The van der Waals surface area contributed by atoms with Crippen LogP contribution in [0, 0.1) is 0 Å². The number of benzene rings is 1. The van der Waals surface area contributed by atoms with Crippen molar-refractivity contribution in [2.45, 2.75) is 12.6 Å². The lowest BCUT2D eigenvalue weighted by atomic mass is 10.2. The zero-order valence-electron chi connectivity index (χ0n) is 10.2. The third kappa shape index (κ3) is 4.48. The summed E-state index contributed by atoms with van der Waals surface area (Å²) >= 11 is 0. The van der Waals surface area contributed by atoms with Crippen molar-refractivity contribution in [3.63, 3.8) is 0 Å². The van der Waals surface area contributed by atoms with Gasteiger partial charge in [0, 0.05) is 23.5 Å². The van der Waals surface area contributed by atoms with E-state index in [1.807, 2.05) is 30.5 Å². The van der Waals surface area contributed by atoms with E-state index >= 15 is 0 Å². The van der Waals surface area contributed by atoms with Crippen molar-refractivity contribution < 1.29 is 22.6 Å². The third-order valence-corrected chi connectivity index (χ3v) is 2.49. The van der Waals surface area contributed by atoms with Gasteiger partial charge in [-0.1, -0.05) is 0 Å². The molecule has 0 amide bonds. The Morgan fingerprint density at radius 2 is 1.95 bits per heavy atom. The number of fused-ring (bicyclic) bond motifs is 1. The van der Waals surface area contributed by atoms with Gasteiger partial charge in [-0.2, -0.15) is 13.2 Å². The normalized spacial score (nSPS) is 11.9. The van der Waals surface area contributed by atoms with Crippen LogP contribution in [-0.2, 0) is 4.74 Å². The smallest absolute Gasteiger partial charge is 0.411 e. The minimum atomic E-state index is -4.26. The molecule has 0 aliphatic carbocycles. The molecule has 3 nitrogen and oxygen atoms in total. The number of H-pyrrole nitrogens is 1. The largest absolute Gasteiger partial charge is 0.493 e. The van der Waals surface area contributed by atoms with Crippen molar-refractivity contribution >= 4 is 10.9 Å². The molecule has 0 fully saturated rings. The SMILES string of the molecule is FC(F)(F)COCCCOc1ccc2[nH]ccc2c1. The Kier molecular flexibility index (Phi) is 4.31. The van der Waals surface area contributed by atoms with Crippen LogP contribution in [0.2, 0.25) is 0 Å². The molecule has 2 aromatic rings. The number of aromatic amines is 1. The minimum absolute atomic E-state index is 0.0336. The van der Waals surface area contributed by atoms with E-state index < -0.39 is 12.8 Å². The molecule has 0 atom stereocenters. The molecule has 0 saturated heterocycles. The lowest BCUT2D eigenvalue weighted by Gasteiger charge is -2.08. The summed E-state index contributed by atoms with van der Waals surface area (Å²) in [7, 11) is 0. The Labute approximate surface area is 108 Å². The number of nitrogens with one attached hydrogen (secondary N) is 1. The average Bonchev–Trinajstić information content (AvgIpc) is 2.79. The van der Waals surface area contributed by atoms with Gasteiger partial charge in [0.2, 0.25) is 0 Å². The molecule has 2 rings (SSSR count). The fourth-order valence-electron chi connectivity index (χ4n) is 1.66. The Bertz CT molecular complexity index is 522. The van der Waals surface area contributed by atoms with E-state index in [0.717, 1.165) is 10.9 Å². The molecule has 1 N–H and O–H groups in total. The van der Waals surface area contributed by atoms with Crippen LogP contribution in [-0.4, -0.2) is 31.0 Å². The second-order valence-corrected chi connectivity index (χ2v) is 4.10. The maximum absolute atomic E-state index is 11.8. The maximum Gasteiger partial charge on any atom is 0.411 e. The highest BCUT2D eigenvalue weighted by Crippen LogP contribution is 2.19. The summed E-state index contributed by atoms with van der Waals surface area (Å²) < 4.78 is 45.3. The van der Waals surface area contributed by atoms with E-state index in [4.69, 9.17) is 4.74 Å². The molecule has 0 spiro atoms. The molecule has 0 aliphatic rings. The van der Waals surface area contributed by atoms with Crippen molar-refractivity contribution in [1.82, 2.24) is 4.98 Å². The van der Waals surface area contributed by atoms with Crippen molar-refractivity contribution in [1.29, 1.82) is 0 Å². The fourth-order valence-corrected chi connectivity index (χ4v) is 1.66. The van der Waals surface area contributed by atoms with Gasteiger partial charge >= 0.3 is 6.18 Å². The van der Waals surface area contributed by atoms with E-state index in [1.54, 1.807) is 0 Å². The van der Waals surface area contributed by atoms with Gasteiger partial charge in [0.15, 0.2) is 0 Å². The van der Waals surface area contributed by atoms with Gasteiger partial charge in [0.1, 0.15) is 12.4 Å². The predicted octanol–water partition coefficient (Wildman–Crippen LogP) is 3.52. The molecule has 0 unspecified atom stereocenters. The van der Waals surface area contributed by atoms with Crippen LogP contribution in [0.25, 0.3) is 10.9 Å². The molecule has 19 heavy (non-hydrogen) atoms. The first-order chi connectivity index (χ1) is 9.04. The van der Waals surface area contributed by atoms with Crippen LogP contribution in [0.15, 0.2) is 30.5 Å². The monoisotopic (exact) mass is 273 g/mol. The van der Waals surface area contributed by atoms with E-state index in [2.05, 4.69) is 9.72 Å². The van der Waals surface area contributed by atoms with Crippen LogP contribution in [0.1, 0.15) is 6.42 Å². The number of aromatic nitrogens is 1. The number of rotatable bonds is 6. The maximum atomic E-state index is 11.8.